The van der Waals surface area contributed by atoms with E-state index in [1.165, 1.54) is 12.8 Å². The summed E-state index contributed by atoms with van der Waals surface area (Å²) in [4.78, 5) is 13.8. The van der Waals surface area contributed by atoms with Gasteiger partial charge in [-0.1, -0.05) is 0 Å². The quantitative estimate of drug-likeness (QED) is 0.692. The second-order valence-corrected chi connectivity index (χ2v) is 4.76. The van der Waals surface area contributed by atoms with Gasteiger partial charge in [-0.2, -0.15) is 0 Å². The Hall–Kier alpha value is -0.410. The lowest BCUT2D eigenvalue weighted by Crippen LogP contribution is -2.44. The van der Waals surface area contributed by atoms with E-state index in [0.717, 1.165) is 39.1 Å². The fraction of sp³-hybridized carbons (Fsp3) is 0.917. The highest BCUT2D eigenvalue weighted by Gasteiger charge is 2.27. The number of Topliss-reactive ketones (excluding diaryl/α,β-unsaturated/α-hetero) is 1. The van der Waals surface area contributed by atoms with E-state index in [4.69, 9.17) is 4.74 Å². The molecule has 0 aliphatic carbocycles. The van der Waals surface area contributed by atoms with E-state index in [0.29, 0.717) is 17.7 Å². The van der Waals surface area contributed by atoms with E-state index in [1.807, 2.05) is 0 Å². The summed E-state index contributed by atoms with van der Waals surface area (Å²) in [5.74, 6) is 0.711. The Morgan fingerprint density at radius 2 is 1.73 bits per heavy atom. The molecule has 3 nitrogen and oxygen atoms in total. The molecule has 2 aliphatic heterocycles. The molecule has 2 saturated heterocycles. The molecule has 0 amide bonds. The van der Waals surface area contributed by atoms with E-state index in [-0.39, 0.29) is 0 Å². The van der Waals surface area contributed by atoms with Crippen LogP contribution in [0.5, 0.6) is 0 Å². The molecule has 15 heavy (non-hydrogen) atoms. The molecule has 2 rings (SSSR count). The Balaban J connectivity index is 1.79. The van der Waals surface area contributed by atoms with Gasteiger partial charge in [0.2, 0.25) is 0 Å². The van der Waals surface area contributed by atoms with Crippen molar-refractivity contribution >= 4 is 5.78 Å². The first-order valence-electron chi connectivity index (χ1n) is 6.09. The summed E-state index contributed by atoms with van der Waals surface area (Å²) in [6.45, 7) is 5.77. The van der Waals surface area contributed by atoms with Crippen LogP contribution in [0, 0.1) is 5.92 Å². The van der Waals surface area contributed by atoms with Gasteiger partial charge in [0.1, 0.15) is 5.78 Å². The first kappa shape index (κ1) is 11.1. The average Bonchev–Trinajstić information content (AvgIpc) is 2.30. The molecular formula is C12H21NO2. The van der Waals surface area contributed by atoms with Gasteiger partial charge < -0.3 is 9.64 Å². The van der Waals surface area contributed by atoms with E-state index in [2.05, 4.69) is 4.90 Å². The smallest absolute Gasteiger partial charge is 0.133 e. The molecule has 0 aromatic carbocycles. The maximum Gasteiger partial charge on any atom is 0.133 e. The number of likely N-dealkylation sites (tertiary alicyclic amines) is 1. The second kappa shape index (κ2) is 5.08. The normalized spacial score (nSPS) is 26.7. The Labute approximate surface area is 91.8 Å². The highest BCUT2D eigenvalue weighted by molar-refractivity contribution is 5.78. The third-order valence-electron chi connectivity index (χ3n) is 3.81. The zero-order valence-corrected chi connectivity index (χ0v) is 9.58. The van der Waals surface area contributed by atoms with Crippen molar-refractivity contribution in [3.05, 3.63) is 0 Å². The Morgan fingerprint density at radius 3 is 2.27 bits per heavy atom. The van der Waals surface area contributed by atoms with Crippen molar-refractivity contribution in [1.82, 2.24) is 4.90 Å². The third kappa shape index (κ3) is 2.79. The summed E-state index contributed by atoms with van der Waals surface area (Å²) in [5.41, 5.74) is 0. The number of nitrogens with zero attached hydrogens (tertiary/aromatic N) is 1. The lowest BCUT2D eigenvalue weighted by atomic mass is 9.91. The average molecular weight is 211 g/mol. The van der Waals surface area contributed by atoms with Crippen LogP contribution in [-0.2, 0) is 9.53 Å². The molecule has 0 unspecified atom stereocenters. The van der Waals surface area contributed by atoms with Crippen LogP contribution in [-0.4, -0.2) is 43.0 Å². The van der Waals surface area contributed by atoms with Crippen LogP contribution in [0.25, 0.3) is 0 Å². The van der Waals surface area contributed by atoms with Crippen molar-refractivity contribution in [3.8, 4) is 0 Å². The van der Waals surface area contributed by atoms with Crippen molar-refractivity contribution in [2.24, 2.45) is 5.92 Å². The largest absolute Gasteiger partial charge is 0.381 e. The van der Waals surface area contributed by atoms with Gasteiger partial charge in [0.05, 0.1) is 0 Å². The lowest BCUT2D eigenvalue weighted by molar-refractivity contribution is -0.122. The van der Waals surface area contributed by atoms with Crippen molar-refractivity contribution in [2.75, 3.05) is 26.3 Å². The van der Waals surface area contributed by atoms with E-state index in [1.54, 1.807) is 6.92 Å². The molecular weight excluding hydrogens is 190 g/mol. The maximum absolute atomic E-state index is 11.2. The summed E-state index contributed by atoms with van der Waals surface area (Å²) in [5, 5.41) is 0. The third-order valence-corrected chi connectivity index (χ3v) is 3.81. The number of hydrogen-bond donors (Lipinski definition) is 0. The molecule has 2 aliphatic rings. The lowest BCUT2D eigenvalue weighted by Gasteiger charge is -2.38. The van der Waals surface area contributed by atoms with Gasteiger partial charge in [-0.15, -0.1) is 0 Å². The standard InChI is InChI=1S/C12H21NO2/c1-10(14)11-2-6-13(7-3-11)12-4-8-15-9-5-12/h11-12H,2-9H2,1H3. The Kier molecular flexibility index (Phi) is 3.76. The summed E-state index contributed by atoms with van der Waals surface area (Å²) in [6.07, 6.45) is 4.47. The molecule has 2 heterocycles. The number of rotatable bonds is 2. The maximum atomic E-state index is 11.2. The van der Waals surface area contributed by atoms with Crippen molar-refractivity contribution in [1.29, 1.82) is 0 Å². The monoisotopic (exact) mass is 211 g/mol. The molecule has 2 fully saturated rings. The number of piperidine rings is 1. The molecule has 0 bridgehead atoms. The van der Waals surface area contributed by atoms with Crippen LogP contribution in [0.3, 0.4) is 0 Å². The molecule has 86 valence electrons. The number of ether oxygens (including phenoxy) is 1. The zero-order chi connectivity index (χ0) is 10.7. The minimum Gasteiger partial charge on any atom is -0.381 e. The van der Waals surface area contributed by atoms with Gasteiger partial charge >= 0.3 is 0 Å². The van der Waals surface area contributed by atoms with Gasteiger partial charge in [-0.3, -0.25) is 4.79 Å². The summed E-state index contributed by atoms with van der Waals surface area (Å²) in [7, 11) is 0. The van der Waals surface area contributed by atoms with Gasteiger partial charge in [0, 0.05) is 25.2 Å². The summed E-state index contributed by atoms with van der Waals surface area (Å²) < 4.78 is 5.37. The SMILES string of the molecule is CC(=O)C1CCN(C2CCOCC2)CC1. The Bertz CT molecular complexity index is 216. The predicted octanol–water partition coefficient (Wildman–Crippen LogP) is 1.47. The molecule has 0 atom stereocenters. The van der Waals surface area contributed by atoms with Crippen LogP contribution in [0.15, 0.2) is 0 Å². The number of carbonyl (C=O) groups excluding carboxylic acids is 1. The fourth-order valence-corrected chi connectivity index (χ4v) is 2.72. The number of carbonyl (C=O) groups is 1. The van der Waals surface area contributed by atoms with Crippen LogP contribution in [0.4, 0.5) is 0 Å². The molecule has 0 aromatic rings. The van der Waals surface area contributed by atoms with E-state index in [9.17, 15) is 4.79 Å². The summed E-state index contributed by atoms with van der Waals surface area (Å²) in [6, 6.07) is 0.714. The van der Waals surface area contributed by atoms with Crippen molar-refractivity contribution < 1.29 is 9.53 Å². The molecule has 0 N–H and O–H groups in total. The van der Waals surface area contributed by atoms with Crippen LogP contribution in [0.1, 0.15) is 32.6 Å². The zero-order valence-electron chi connectivity index (χ0n) is 9.58. The Morgan fingerprint density at radius 1 is 1.13 bits per heavy atom. The minimum absolute atomic E-state index is 0.334. The molecule has 0 saturated carbocycles. The minimum atomic E-state index is 0.334. The predicted molar refractivity (Wildman–Crippen MR) is 58.8 cm³/mol. The number of hydrogen-bond acceptors (Lipinski definition) is 3. The highest BCUT2D eigenvalue weighted by atomic mass is 16.5. The van der Waals surface area contributed by atoms with Crippen molar-refractivity contribution in [3.63, 3.8) is 0 Å². The fourth-order valence-electron chi connectivity index (χ4n) is 2.72. The van der Waals surface area contributed by atoms with Crippen LogP contribution < -0.4 is 0 Å². The second-order valence-electron chi connectivity index (χ2n) is 4.76. The topological polar surface area (TPSA) is 29.5 Å². The van der Waals surface area contributed by atoms with E-state index < -0.39 is 0 Å². The molecule has 0 aromatic heterocycles. The molecule has 0 spiro atoms. The van der Waals surface area contributed by atoms with Gasteiger partial charge in [0.15, 0.2) is 0 Å². The first-order chi connectivity index (χ1) is 7.27. The van der Waals surface area contributed by atoms with Gasteiger partial charge in [0.25, 0.3) is 0 Å². The van der Waals surface area contributed by atoms with E-state index >= 15 is 0 Å². The summed E-state index contributed by atoms with van der Waals surface area (Å²) >= 11 is 0. The van der Waals surface area contributed by atoms with Gasteiger partial charge in [-0.25, -0.2) is 0 Å². The van der Waals surface area contributed by atoms with Crippen molar-refractivity contribution in [2.45, 2.75) is 38.6 Å². The molecule has 0 radical (unpaired) electrons. The van der Waals surface area contributed by atoms with Crippen LogP contribution >= 0.6 is 0 Å². The van der Waals surface area contributed by atoms with Gasteiger partial charge in [-0.05, 0) is 45.7 Å². The van der Waals surface area contributed by atoms with Crippen LogP contribution in [0.2, 0.25) is 0 Å². The molecule has 3 heteroatoms. The number of ketones is 1. The first-order valence-corrected chi connectivity index (χ1v) is 6.09. The highest BCUT2D eigenvalue weighted by Crippen LogP contribution is 2.23.